The van der Waals surface area contributed by atoms with Gasteiger partial charge in [-0.3, -0.25) is 0 Å². The molecule has 18 heavy (non-hydrogen) atoms. The van der Waals surface area contributed by atoms with Crippen molar-refractivity contribution in [1.82, 2.24) is 9.55 Å². The summed E-state index contributed by atoms with van der Waals surface area (Å²) >= 11 is 6.05. The summed E-state index contributed by atoms with van der Waals surface area (Å²) in [5, 5.41) is 0.745. The maximum absolute atomic E-state index is 6.35. The summed E-state index contributed by atoms with van der Waals surface area (Å²) in [7, 11) is 0. The maximum Gasteiger partial charge on any atom is 0.127 e. The Bertz CT molecular complexity index is 611. The van der Waals surface area contributed by atoms with Gasteiger partial charge in [-0.2, -0.15) is 0 Å². The van der Waals surface area contributed by atoms with Crippen molar-refractivity contribution in [2.24, 2.45) is 11.7 Å². The average molecular weight is 262 g/mol. The molecule has 0 amide bonds. The number of benzene rings is 1. The van der Waals surface area contributed by atoms with Crippen molar-refractivity contribution in [3.63, 3.8) is 0 Å². The van der Waals surface area contributed by atoms with Crippen molar-refractivity contribution in [1.29, 1.82) is 0 Å². The fraction of sp³-hybridized carbons (Fsp3) is 0.500. The summed E-state index contributed by atoms with van der Waals surface area (Å²) in [5.74, 6) is 1.70. The zero-order chi connectivity index (χ0) is 12.3. The Hall–Kier alpha value is -1.06. The first-order chi connectivity index (χ1) is 8.74. The van der Waals surface area contributed by atoms with Crippen molar-refractivity contribution in [2.75, 3.05) is 0 Å². The Morgan fingerprint density at radius 2 is 2.06 bits per heavy atom. The van der Waals surface area contributed by atoms with E-state index < -0.39 is 0 Å². The largest absolute Gasteiger partial charge is 0.324 e. The van der Waals surface area contributed by atoms with Crippen LogP contribution in [0.1, 0.15) is 43.6 Å². The minimum atomic E-state index is 0.0942. The zero-order valence-corrected chi connectivity index (χ0v) is 10.9. The minimum Gasteiger partial charge on any atom is -0.324 e. The molecule has 0 radical (unpaired) electrons. The van der Waals surface area contributed by atoms with E-state index in [9.17, 15) is 0 Å². The van der Waals surface area contributed by atoms with Gasteiger partial charge in [0.15, 0.2) is 0 Å². The molecular weight excluding hydrogens is 246 g/mol. The molecular formula is C14H16ClN3. The molecule has 3 nitrogen and oxygen atoms in total. The molecule has 2 aliphatic carbocycles. The minimum absolute atomic E-state index is 0.0942. The molecule has 2 N–H and O–H groups in total. The highest BCUT2D eigenvalue weighted by Gasteiger charge is 2.36. The van der Waals surface area contributed by atoms with E-state index in [1.165, 1.54) is 31.2 Å². The third-order valence-corrected chi connectivity index (χ3v) is 4.25. The normalized spacial score (nSPS) is 21.4. The number of halogens is 1. The quantitative estimate of drug-likeness (QED) is 0.920. The fourth-order valence-corrected chi connectivity index (χ4v) is 2.87. The van der Waals surface area contributed by atoms with Crippen LogP contribution in [0.2, 0.25) is 5.02 Å². The van der Waals surface area contributed by atoms with E-state index >= 15 is 0 Å². The standard InChI is InChI=1S/C14H16ClN3/c15-9-3-6-12-11(7-9)17-14(13(16)8-1-2-8)18(12)10-4-5-10/h3,6-8,10,13H,1-2,4-5,16H2. The van der Waals surface area contributed by atoms with Gasteiger partial charge in [-0.1, -0.05) is 11.6 Å². The fourth-order valence-electron chi connectivity index (χ4n) is 2.71. The van der Waals surface area contributed by atoms with Crippen LogP contribution in [-0.2, 0) is 0 Å². The Morgan fingerprint density at radius 3 is 2.72 bits per heavy atom. The second-order valence-corrected chi connectivity index (χ2v) is 6.00. The third kappa shape index (κ3) is 1.65. The number of imidazole rings is 1. The number of nitrogens with two attached hydrogens (primary N) is 1. The first-order valence-electron chi connectivity index (χ1n) is 6.67. The van der Waals surface area contributed by atoms with Gasteiger partial charge in [0.1, 0.15) is 5.82 Å². The molecule has 2 saturated carbocycles. The van der Waals surface area contributed by atoms with Gasteiger partial charge in [0, 0.05) is 11.1 Å². The Balaban J connectivity index is 1.91. The summed E-state index contributed by atoms with van der Waals surface area (Å²) < 4.78 is 2.36. The monoisotopic (exact) mass is 261 g/mol. The second-order valence-electron chi connectivity index (χ2n) is 5.57. The molecule has 1 heterocycles. The van der Waals surface area contributed by atoms with Gasteiger partial charge in [-0.05, 0) is 49.8 Å². The van der Waals surface area contributed by atoms with Crippen LogP contribution in [0.5, 0.6) is 0 Å². The highest BCUT2D eigenvalue weighted by atomic mass is 35.5. The number of aromatic nitrogens is 2. The highest BCUT2D eigenvalue weighted by molar-refractivity contribution is 6.31. The molecule has 0 aliphatic heterocycles. The first kappa shape index (κ1) is 10.8. The molecule has 0 spiro atoms. The molecule has 2 fully saturated rings. The van der Waals surface area contributed by atoms with E-state index in [1.54, 1.807) is 0 Å². The molecule has 1 aromatic carbocycles. The molecule has 94 valence electrons. The molecule has 0 bridgehead atoms. The van der Waals surface area contributed by atoms with Gasteiger partial charge in [-0.25, -0.2) is 4.98 Å². The van der Waals surface area contributed by atoms with Crippen molar-refractivity contribution in [2.45, 2.75) is 37.8 Å². The van der Waals surface area contributed by atoms with Gasteiger partial charge in [0.25, 0.3) is 0 Å². The molecule has 4 heteroatoms. The van der Waals surface area contributed by atoms with Crippen LogP contribution in [0.3, 0.4) is 0 Å². The van der Waals surface area contributed by atoms with E-state index in [2.05, 4.69) is 10.6 Å². The molecule has 1 aromatic heterocycles. The van der Waals surface area contributed by atoms with E-state index in [-0.39, 0.29) is 6.04 Å². The lowest BCUT2D eigenvalue weighted by atomic mass is 10.2. The van der Waals surface area contributed by atoms with Gasteiger partial charge < -0.3 is 10.3 Å². The lowest BCUT2D eigenvalue weighted by Gasteiger charge is -2.13. The van der Waals surface area contributed by atoms with Crippen LogP contribution in [0.4, 0.5) is 0 Å². The van der Waals surface area contributed by atoms with E-state index in [0.29, 0.717) is 12.0 Å². The summed E-state index contributed by atoms with van der Waals surface area (Å²) in [6.07, 6.45) is 4.99. The number of rotatable bonds is 3. The third-order valence-electron chi connectivity index (χ3n) is 4.02. The molecule has 0 saturated heterocycles. The topological polar surface area (TPSA) is 43.8 Å². The molecule has 2 aromatic rings. The van der Waals surface area contributed by atoms with Gasteiger partial charge in [0.2, 0.25) is 0 Å². The van der Waals surface area contributed by atoms with Crippen LogP contribution in [-0.4, -0.2) is 9.55 Å². The average Bonchev–Trinajstić information content (AvgIpc) is 3.22. The van der Waals surface area contributed by atoms with Crippen molar-refractivity contribution in [3.05, 3.63) is 29.0 Å². The Morgan fingerprint density at radius 1 is 1.28 bits per heavy atom. The zero-order valence-electron chi connectivity index (χ0n) is 10.1. The second kappa shape index (κ2) is 3.72. The smallest absolute Gasteiger partial charge is 0.127 e. The number of fused-ring (bicyclic) bond motifs is 1. The SMILES string of the molecule is NC(c1nc2cc(Cl)ccc2n1C1CC1)C1CC1. The maximum atomic E-state index is 6.35. The van der Waals surface area contributed by atoms with E-state index in [0.717, 1.165) is 16.4 Å². The number of hydrogen-bond acceptors (Lipinski definition) is 2. The highest BCUT2D eigenvalue weighted by Crippen LogP contribution is 2.44. The molecule has 1 unspecified atom stereocenters. The van der Waals surface area contributed by atoms with Crippen molar-refractivity contribution in [3.8, 4) is 0 Å². The number of nitrogens with zero attached hydrogens (tertiary/aromatic N) is 2. The van der Waals surface area contributed by atoms with Gasteiger partial charge in [0.05, 0.1) is 17.1 Å². The van der Waals surface area contributed by atoms with Crippen LogP contribution in [0.15, 0.2) is 18.2 Å². The van der Waals surface area contributed by atoms with Crippen LogP contribution >= 0.6 is 11.6 Å². The Labute approximate surface area is 111 Å². The molecule has 2 aliphatic rings. The van der Waals surface area contributed by atoms with E-state index in [4.69, 9.17) is 22.3 Å². The van der Waals surface area contributed by atoms with Crippen LogP contribution in [0.25, 0.3) is 11.0 Å². The summed E-state index contributed by atoms with van der Waals surface area (Å²) in [4.78, 5) is 4.75. The summed E-state index contributed by atoms with van der Waals surface area (Å²) in [6.45, 7) is 0. The lowest BCUT2D eigenvalue weighted by molar-refractivity contribution is 0.552. The van der Waals surface area contributed by atoms with E-state index in [1.807, 2.05) is 12.1 Å². The lowest BCUT2D eigenvalue weighted by Crippen LogP contribution is -2.18. The van der Waals surface area contributed by atoms with Gasteiger partial charge >= 0.3 is 0 Å². The van der Waals surface area contributed by atoms with Crippen LogP contribution < -0.4 is 5.73 Å². The predicted molar refractivity (Wildman–Crippen MR) is 72.7 cm³/mol. The van der Waals surface area contributed by atoms with Gasteiger partial charge in [-0.15, -0.1) is 0 Å². The summed E-state index contributed by atoms with van der Waals surface area (Å²) in [5.41, 5.74) is 8.53. The molecule has 1 atom stereocenters. The molecule has 4 rings (SSSR count). The number of hydrogen-bond donors (Lipinski definition) is 1. The van der Waals surface area contributed by atoms with Crippen molar-refractivity contribution < 1.29 is 0 Å². The Kier molecular flexibility index (Phi) is 2.24. The summed E-state index contributed by atoms with van der Waals surface area (Å²) in [6, 6.07) is 6.66. The first-order valence-corrected chi connectivity index (χ1v) is 7.05. The van der Waals surface area contributed by atoms with Crippen molar-refractivity contribution >= 4 is 22.6 Å². The van der Waals surface area contributed by atoms with Crippen LogP contribution in [0, 0.1) is 5.92 Å². The predicted octanol–water partition coefficient (Wildman–Crippen LogP) is 3.43.